The predicted octanol–water partition coefficient (Wildman–Crippen LogP) is 2.81. The molecule has 0 spiro atoms. The quantitative estimate of drug-likeness (QED) is 0.890. The number of nitrogens with two attached hydrogens (primary N) is 1. The van der Waals surface area contributed by atoms with Crippen molar-refractivity contribution in [1.29, 1.82) is 0 Å². The van der Waals surface area contributed by atoms with Crippen molar-refractivity contribution in [3.05, 3.63) is 59.2 Å². The van der Waals surface area contributed by atoms with E-state index in [0.717, 1.165) is 11.1 Å². The fraction of sp³-hybridized carbons (Fsp3) is 0.222. The lowest BCUT2D eigenvalue weighted by atomic mass is 10.1. The van der Waals surface area contributed by atoms with Crippen LogP contribution in [0.3, 0.4) is 0 Å². The molecule has 1 unspecified atom stereocenters. The minimum absolute atomic E-state index is 0.299. The average Bonchev–Trinajstić information content (AvgIpc) is 2.51. The van der Waals surface area contributed by atoms with Gasteiger partial charge in [-0.1, -0.05) is 18.2 Å². The third-order valence-corrected chi connectivity index (χ3v) is 3.43. The lowest BCUT2D eigenvalue weighted by molar-refractivity contribution is -0.122. The molecule has 23 heavy (non-hydrogen) atoms. The number of rotatable bonds is 5. The summed E-state index contributed by atoms with van der Waals surface area (Å²) in [5.74, 6) is -0.160. The molecule has 2 amide bonds. The Bertz CT molecular complexity index is 741. The van der Waals surface area contributed by atoms with Gasteiger partial charge in [0, 0.05) is 11.3 Å². The lowest BCUT2D eigenvalue weighted by Crippen LogP contribution is -2.30. The predicted molar refractivity (Wildman–Crippen MR) is 89.6 cm³/mol. The number of primary amides is 1. The van der Waals surface area contributed by atoms with Crippen molar-refractivity contribution in [1.82, 2.24) is 0 Å². The summed E-state index contributed by atoms with van der Waals surface area (Å²) in [6.07, 6.45) is -0.673. The van der Waals surface area contributed by atoms with E-state index >= 15 is 0 Å². The van der Waals surface area contributed by atoms with E-state index in [4.69, 9.17) is 10.5 Å². The molecule has 3 N–H and O–H groups in total. The molecule has 0 aromatic heterocycles. The highest BCUT2D eigenvalue weighted by Gasteiger charge is 2.16. The SMILES string of the molecule is Cc1ccc(C)c(OC(C)C(=O)Nc2cccc(C(N)=O)c2)c1. The maximum absolute atomic E-state index is 12.2. The Morgan fingerprint density at radius 1 is 1.13 bits per heavy atom. The zero-order valence-electron chi connectivity index (χ0n) is 13.4. The minimum atomic E-state index is -0.673. The molecule has 5 nitrogen and oxygen atoms in total. The van der Waals surface area contributed by atoms with Gasteiger partial charge in [0.25, 0.3) is 5.91 Å². The Labute approximate surface area is 135 Å². The van der Waals surface area contributed by atoms with Gasteiger partial charge in [-0.05, 0) is 56.2 Å². The molecule has 0 saturated heterocycles. The summed E-state index contributed by atoms with van der Waals surface area (Å²) in [6.45, 7) is 5.57. The Hall–Kier alpha value is -2.82. The number of carbonyl (C=O) groups is 2. The van der Waals surface area contributed by atoms with Crippen LogP contribution in [0.25, 0.3) is 0 Å². The largest absolute Gasteiger partial charge is 0.481 e. The molecule has 2 aromatic rings. The number of benzene rings is 2. The Morgan fingerprint density at radius 3 is 2.57 bits per heavy atom. The van der Waals surface area contributed by atoms with Crippen LogP contribution in [0.2, 0.25) is 0 Å². The van der Waals surface area contributed by atoms with Crippen LogP contribution in [-0.2, 0) is 4.79 Å². The van der Waals surface area contributed by atoms with Crippen LogP contribution in [0, 0.1) is 13.8 Å². The first-order chi connectivity index (χ1) is 10.9. The van der Waals surface area contributed by atoms with Crippen LogP contribution < -0.4 is 15.8 Å². The van der Waals surface area contributed by atoms with Crippen molar-refractivity contribution in [3.63, 3.8) is 0 Å². The molecule has 0 radical (unpaired) electrons. The van der Waals surface area contributed by atoms with Crippen molar-refractivity contribution in [2.75, 3.05) is 5.32 Å². The van der Waals surface area contributed by atoms with E-state index in [1.165, 1.54) is 6.07 Å². The highest BCUT2D eigenvalue weighted by Crippen LogP contribution is 2.21. The summed E-state index contributed by atoms with van der Waals surface area (Å²) >= 11 is 0. The van der Waals surface area contributed by atoms with E-state index in [-0.39, 0.29) is 5.91 Å². The van der Waals surface area contributed by atoms with E-state index in [0.29, 0.717) is 17.0 Å². The second-order valence-electron chi connectivity index (χ2n) is 5.46. The molecular formula is C18H20N2O3. The molecule has 2 rings (SSSR count). The van der Waals surface area contributed by atoms with E-state index in [2.05, 4.69) is 5.32 Å². The summed E-state index contributed by atoms with van der Waals surface area (Å²) in [5, 5.41) is 2.72. The first kappa shape index (κ1) is 16.5. The van der Waals surface area contributed by atoms with Gasteiger partial charge in [0.2, 0.25) is 5.91 Å². The second kappa shape index (κ2) is 6.96. The number of aryl methyl sites for hydroxylation is 2. The second-order valence-corrected chi connectivity index (χ2v) is 5.46. The van der Waals surface area contributed by atoms with Crippen molar-refractivity contribution >= 4 is 17.5 Å². The molecule has 120 valence electrons. The van der Waals surface area contributed by atoms with Crippen LogP contribution in [0.4, 0.5) is 5.69 Å². The first-order valence-corrected chi connectivity index (χ1v) is 7.31. The van der Waals surface area contributed by atoms with Crippen LogP contribution >= 0.6 is 0 Å². The van der Waals surface area contributed by atoms with Crippen LogP contribution in [0.1, 0.15) is 28.4 Å². The highest BCUT2D eigenvalue weighted by atomic mass is 16.5. The number of ether oxygens (including phenoxy) is 1. The molecule has 0 bridgehead atoms. The lowest BCUT2D eigenvalue weighted by Gasteiger charge is -2.17. The van der Waals surface area contributed by atoms with Gasteiger partial charge in [-0.2, -0.15) is 0 Å². The van der Waals surface area contributed by atoms with Crippen LogP contribution in [0.5, 0.6) is 5.75 Å². The highest BCUT2D eigenvalue weighted by molar-refractivity contribution is 5.97. The van der Waals surface area contributed by atoms with Gasteiger partial charge < -0.3 is 15.8 Å². The first-order valence-electron chi connectivity index (χ1n) is 7.31. The molecule has 5 heteroatoms. The molecule has 0 heterocycles. The van der Waals surface area contributed by atoms with Gasteiger partial charge in [0.15, 0.2) is 6.10 Å². The van der Waals surface area contributed by atoms with Gasteiger partial charge in [0.05, 0.1) is 0 Å². The third-order valence-electron chi connectivity index (χ3n) is 3.43. The maximum Gasteiger partial charge on any atom is 0.265 e. The normalized spacial score (nSPS) is 11.6. The van der Waals surface area contributed by atoms with Gasteiger partial charge in [-0.25, -0.2) is 0 Å². The Kier molecular flexibility index (Phi) is 5.01. The van der Waals surface area contributed by atoms with E-state index in [1.54, 1.807) is 25.1 Å². The summed E-state index contributed by atoms with van der Waals surface area (Å²) < 4.78 is 5.73. The number of hydrogen-bond acceptors (Lipinski definition) is 3. The molecule has 0 aliphatic carbocycles. The molecule has 0 saturated carbocycles. The van der Waals surface area contributed by atoms with Gasteiger partial charge in [0.1, 0.15) is 5.75 Å². The minimum Gasteiger partial charge on any atom is -0.481 e. The molecular weight excluding hydrogens is 292 g/mol. The number of amides is 2. The van der Waals surface area contributed by atoms with Gasteiger partial charge in [-0.15, -0.1) is 0 Å². The topological polar surface area (TPSA) is 81.4 Å². The maximum atomic E-state index is 12.2. The number of carbonyl (C=O) groups excluding carboxylic acids is 2. The van der Waals surface area contributed by atoms with E-state index < -0.39 is 12.0 Å². The summed E-state index contributed by atoms with van der Waals surface area (Å²) in [4.78, 5) is 23.4. The summed E-state index contributed by atoms with van der Waals surface area (Å²) in [5.41, 5.74) is 8.10. The van der Waals surface area contributed by atoms with E-state index in [9.17, 15) is 9.59 Å². The molecule has 0 fully saturated rings. The third kappa shape index (κ3) is 4.32. The summed E-state index contributed by atoms with van der Waals surface area (Å²) in [6, 6.07) is 12.3. The Balaban J connectivity index is 2.07. The fourth-order valence-corrected chi connectivity index (χ4v) is 2.07. The number of nitrogens with one attached hydrogen (secondary N) is 1. The fourth-order valence-electron chi connectivity index (χ4n) is 2.07. The zero-order chi connectivity index (χ0) is 17.0. The Morgan fingerprint density at radius 2 is 1.87 bits per heavy atom. The van der Waals surface area contributed by atoms with E-state index in [1.807, 2.05) is 32.0 Å². The van der Waals surface area contributed by atoms with Crippen molar-refractivity contribution < 1.29 is 14.3 Å². The average molecular weight is 312 g/mol. The van der Waals surface area contributed by atoms with Crippen LogP contribution in [-0.4, -0.2) is 17.9 Å². The van der Waals surface area contributed by atoms with Gasteiger partial charge >= 0.3 is 0 Å². The number of anilines is 1. The molecule has 1 atom stereocenters. The number of hydrogen-bond donors (Lipinski definition) is 2. The summed E-state index contributed by atoms with van der Waals surface area (Å²) in [7, 11) is 0. The zero-order valence-corrected chi connectivity index (χ0v) is 13.4. The monoisotopic (exact) mass is 312 g/mol. The molecule has 0 aliphatic rings. The van der Waals surface area contributed by atoms with Crippen LogP contribution in [0.15, 0.2) is 42.5 Å². The molecule has 0 aliphatic heterocycles. The van der Waals surface area contributed by atoms with Crippen molar-refractivity contribution in [3.8, 4) is 5.75 Å². The smallest absolute Gasteiger partial charge is 0.265 e. The van der Waals surface area contributed by atoms with Gasteiger partial charge in [-0.3, -0.25) is 9.59 Å². The van der Waals surface area contributed by atoms with Crippen molar-refractivity contribution in [2.24, 2.45) is 5.73 Å². The standard InChI is InChI=1S/C18H20N2O3/c1-11-7-8-12(2)16(9-11)23-13(3)18(22)20-15-6-4-5-14(10-15)17(19)21/h4-10,13H,1-3H3,(H2,19,21)(H,20,22). The molecule has 2 aromatic carbocycles. The van der Waals surface area contributed by atoms with Crippen molar-refractivity contribution in [2.45, 2.75) is 26.9 Å².